The highest BCUT2D eigenvalue weighted by molar-refractivity contribution is 7.81. The van der Waals surface area contributed by atoms with Crippen LogP contribution in [0.3, 0.4) is 0 Å². The zero-order valence-electron chi connectivity index (χ0n) is 10.0. The van der Waals surface area contributed by atoms with Gasteiger partial charge in [-0.25, -0.2) is 9.00 Å². The number of rotatable bonds is 0. The molecule has 8 heteroatoms. The van der Waals surface area contributed by atoms with Gasteiger partial charge in [-0.15, -0.1) is 4.40 Å². The lowest BCUT2D eigenvalue weighted by molar-refractivity contribution is 0.590. The van der Waals surface area contributed by atoms with Crippen LogP contribution in [0.2, 0.25) is 0 Å². The Bertz CT molecular complexity index is 804. The summed E-state index contributed by atoms with van der Waals surface area (Å²) in [4.78, 5) is 24.0. The highest BCUT2D eigenvalue weighted by Gasteiger charge is 2.28. The van der Waals surface area contributed by atoms with Crippen LogP contribution >= 0.6 is 0 Å². The molecule has 96 valence electrons. The van der Waals surface area contributed by atoms with Gasteiger partial charge < -0.3 is 0 Å². The van der Waals surface area contributed by atoms with E-state index in [0.29, 0.717) is 18.2 Å². The van der Waals surface area contributed by atoms with Gasteiger partial charge in [-0.1, -0.05) is 0 Å². The number of hydrogen-bond donors (Lipinski definition) is 0. The molecule has 1 saturated heterocycles. The van der Waals surface area contributed by atoms with Gasteiger partial charge in [0, 0.05) is 26.3 Å². The number of fused-ring (bicyclic) bond motifs is 2. The largest absolute Gasteiger partial charge is 0.332 e. The van der Waals surface area contributed by atoms with Crippen LogP contribution in [-0.4, -0.2) is 24.2 Å². The molecule has 18 heavy (non-hydrogen) atoms. The minimum atomic E-state index is -1.53. The second kappa shape index (κ2) is 3.64. The van der Waals surface area contributed by atoms with E-state index in [2.05, 4.69) is 4.40 Å². The summed E-state index contributed by atoms with van der Waals surface area (Å²) in [5, 5.41) is 0.414. The van der Waals surface area contributed by atoms with Crippen molar-refractivity contribution in [3.8, 4) is 0 Å². The molecule has 1 fully saturated rings. The molecule has 0 amide bonds. The van der Waals surface area contributed by atoms with E-state index in [1.165, 1.54) is 18.7 Å². The minimum absolute atomic E-state index is 0.231. The summed E-state index contributed by atoms with van der Waals surface area (Å²) in [7, 11) is 2.98. The maximum absolute atomic E-state index is 12.2. The molecule has 1 aromatic rings. The van der Waals surface area contributed by atoms with Crippen molar-refractivity contribution < 1.29 is 4.21 Å². The van der Waals surface area contributed by atoms with Gasteiger partial charge in [0.1, 0.15) is 5.22 Å². The molecule has 0 spiro atoms. The zero-order chi connectivity index (χ0) is 13.0. The predicted molar refractivity (Wildman–Crippen MR) is 65.2 cm³/mol. The quantitative estimate of drug-likeness (QED) is 0.522. The average molecular weight is 268 g/mol. The van der Waals surface area contributed by atoms with E-state index in [-0.39, 0.29) is 11.0 Å². The van der Waals surface area contributed by atoms with Crippen LogP contribution in [0.15, 0.2) is 14.0 Å². The van der Waals surface area contributed by atoms with Crippen molar-refractivity contribution in [3.05, 3.63) is 31.5 Å². The molecular weight excluding hydrogens is 256 g/mol. The lowest BCUT2D eigenvalue weighted by Gasteiger charge is -2.19. The summed E-state index contributed by atoms with van der Waals surface area (Å²) in [6, 6.07) is 0. The molecule has 1 aromatic heterocycles. The first-order chi connectivity index (χ1) is 8.52. The van der Waals surface area contributed by atoms with Gasteiger partial charge in [0.15, 0.2) is 5.49 Å². The van der Waals surface area contributed by atoms with Crippen molar-refractivity contribution in [1.29, 1.82) is 0 Å². The summed E-state index contributed by atoms with van der Waals surface area (Å²) in [5.74, 6) is 0. The molecule has 0 aromatic carbocycles. The Kier molecular flexibility index (Phi) is 2.31. The first-order valence-electron chi connectivity index (χ1n) is 5.60. The van der Waals surface area contributed by atoms with Crippen molar-refractivity contribution in [2.75, 3.05) is 6.54 Å². The standard InChI is InChI=1S/C10H12N4O3S/c1-12-8-7(9(15)13(2)10(12)16)6-4-3-5-14(6)18(17)11-8/h3-5H2,1-2H3. The Morgan fingerprint density at radius 2 is 1.94 bits per heavy atom. The molecule has 3 rings (SSSR count). The van der Waals surface area contributed by atoms with Crippen LogP contribution in [0.1, 0.15) is 12.8 Å². The third-order valence-corrected chi connectivity index (χ3v) is 4.46. The smallest absolute Gasteiger partial charge is 0.280 e. The average Bonchev–Trinajstić information content (AvgIpc) is 2.83. The van der Waals surface area contributed by atoms with Crippen molar-refractivity contribution >= 4 is 16.9 Å². The van der Waals surface area contributed by atoms with Gasteiger partial charge in [-0.3, -0.25) is 18.2 Å². The van der Waals surface area contributed by atoms with E-state index in [9.17, 15) is 13.8 Å². The van der Waals surface area contributed by atoms with Crippen LogP contribution < -0.4 is 22.0 Å². The van der Waals surface area contributed by atoms with Gasteiger partial charge in [0.05, 0.1) is 0 Å². The van der Waals surface area contributed by atoms with Crippen LogP contribution in [0, 0.1) is 0 Å². The van der Waals surface area contributed by atoms with Gasteiger partial charge in [-0.05, 0) is 12.8 Å². The predicted octanol–water partition coefficient (Wildman–Crippen LogP) is -2.50. The third kappa shape index (κ3) is 1.29. The van der Waals surface area contributed by atoms with Gasteiger partial charge in [-0.2, -0.15) is 0 Å². The Labute approximate surface area is 104 Å². The van der Waals surface area contributed by atoms with Crippen molar-refractivity contribution in [3.63, 3.8) is 0 Å². The topological polar surface area (TPSA) is 76.7 Å². The van der Waals surface area contributed by atoms with Crippen molar-refractivity contribution in [2.24, 2.45) is 18.5 Å². The lowest BCUT2D eigenvalue weighted by Crippen LogP contribution is -2.60. The molecule has 2 aliphatic heterocycles. The molecule has 0 N–H and O–H groups in total. The van der Waals surface area contributed by atoms with E-state index < -0.39 is 16.9 Å². The van der Waals surface area contributed by atoms with E-state index in [1.807, 2.05) is 0 Å². The maximum Gasteiger partial charge on any atom is 0.332 e. The number of hydrogen-bond acceptors (Lipinski definition) is 3. The normalized spacial score (nSPS) is 21.6. The van der Waals surface area contributed by atoms with Crippen molar-refractivity contribution in [2.45, 2.75) is 12.8 Å². The summed E-state index contributed by atoms with van der Waals surface area (Å²) < 4.78 is 19.9. The second-order valence-electron chi connectivity index (χ2n) is 4.38. The van der Waals surface area contributed by atoms with E-state index in [1.54, 1.807) is 4.31 Å². The monoisotopic (exact) mass is 268 g/mol. The van der Waals surface area contributed by atoms with Crippen molar-refractivity contribution in [1.82, 2.24) is 13.4 Å². The second-order valence-corrected chi connectivity index (χ2v) is 5.46. The Balaban J connectivity index is 2.65. The highest BCUT2D eigenvalue weighted by atomic mass is 32.2. The molecule has 1 unspecified atom stereocenters. The summed E-state index contributed by atoms with van der Waals surface area (Å²) >= 11 is -1.53. The zero-order valence-corrected chi connectivity index (χ0v) is 10.9. The highest BCUT2D eigenvalue weighted by Crippen LogP contribution is 2.23. The van der Waals surface area contributed by atoms with Crippen LogP contribution in [0.5, 0.6) is 0 Å². The molecule has 1 atom stereocenters. The Morgan fingerprint density at radius 3 is 2.67 bits per heavy atom. The fourth-order valence-corrected chi connectivity index (χ4v) is 3.50. The van der Waals surface area contributed by atoms with Gasteiger partial charge in [0.2, 0.25) is 11.2 Å². The van der Waals surface area contributed by atoms with E-state index >= 15 is 0 Å². The fourth-order valence-electron chi connectivity index (χ4n) is 2.39. The number of nitrogens with zero attached hydrogens (tertiary/aromatic N) is 4. The molecule has 0 aliphatic carbocycles. The SMILES string of the molecule is Cn1c(=O)c2c(n(C)c1=O)=NS(=O)N1CCCC=21. The molecule has 3 heterocycles. The molecule has 2 aliphatic rings. The molecule has 7 nitrogen and oxygen atoms in total. The van der Waals surface area contributed by atoms with Gasteiger partial charge in [0.25, 0.3) is 5.56 Å². The van der Waals surface area contributed by atoms with Crippen LogP contribution in [0.4, 0.5) is 0 Å². The fraction of sp³-hybridized carbons (Fsp3) is 0.500. The number of aromatic nitrogens is 2. The van der Waals surface area contributed by atoms with E-state index in [4.69, 9.17) is 0 Å². The van der Waals surface area contributed by atoms with Crippen LogP contribution in [0.25, 0.3) is 5.70 Å². The molecule has 0 radical (unpaired) electrons. The van der Waals surface area contributed by atoms with Gasteiger partial charge >= 0.3 is 5.69 Å². The third-order valence-electron chi connectivity index (χ3n) is 3.35. The Hall–Kier alpha value is -1.70. The first kappa shape index (κ1) is 11.4. The molecule has 0 bridgehead atoms. The van der Waals surface area contributed by atoms with Crippen LogP contribution in [-0.2, 0) is 25.3 Å². The summed E-state index contributed by atoms with van der Waals surface area (Å²) in [6.45, 7) is 0.636. The maximum atomic E-state index is 12.2. The van der Waals surface area contributed by atoms with E-state index in [0.717, 1.165) is 16.7 Å². The molecular formula is C10H12N4O3S. The Morgan fingerprint density at radius 1 is 1.22 bits per heavy atom. The molecule has 0 saturated carbocycles. The summed E-state index contributed by atoms with van der Waals surface area (Å²) in [6.07, 6.45) is 1.55. The first-order valence-corrected chi connectivity index (χ1v) is 6.66. The lowest BCUT2D eigenvalue weighted by atomic mass is 10.2. The summed E-state index contributed by atoms with van der Waals surface area (Å²) in [5.41, 5.74) is 0.158. The minimum Gasteiger partial charge on any atom is -0.280 e.